The molecule has 0 radical (unpaired) electrons. The Hall–Kier alpha value is -2.28. The fraction of sp³-hybridized carbons (Fsp3) is 0.591. The lowest BCUT2D eigenvalue weighted by Crippen LogP contribution is -2.55. The highest BCUT2D eigenvalue weighted by Crippen LogP contribution is 2.17. The number of carbonyl (C=O) groups excluding carboxylic acids is 2. The van der Waals surface area contributed by atoms with Crippen LogP contribution in [0.2, 0.25) is 5.02 Å². The Morgan fingerprint density at radius 1 is 1.10 bits per heavy atom. The minimum Gasteiger partial charge on any atom is -0.352 e. The van der Waals surface area contributed by atoms with Crippen LogP contribution in [0.5, 0.6) is 0 Å². The van der Waals surface area contributed by atoms with E-state index >= 15 is 0 Å². The monoisotopic (exact) mass is 433 g/mol. The molecule has 0 unspecified atom stereocenters. The van der Waals surface area contributed by atoms with Crippen LogP contribution in [-0.2, 0) is 16.0 Å². The molecule has 2 fully saturated rings. The minimum atomic E-state index is 0.0124. The first-order valence-corrected chi connectivity index (χ1v) is 11.2. The summed E-state index contributed by atoms with van der Waals surface area (Å²) in [5.74, 6) is 0.820. The maximum atomic E-state index is 12.6. The molecule has 2 N–H and O–H groups in total. The molecule has 0 bridgehead atoms. The van der Waals surface area contributed by atoms with E-state index in [1.165, 1.54) is 19.3 Å². The van der Waals surface area contributed by atoms with E-state index in [-0.39, 0.29) is 18.4 Å². The first-order chi connectivity index (χ1) is 14.5. The number of nitrogens with zero attached hydrogens (tertiary/aromatic N) is 3. The smallest absolute Gasteiger partial charge is 0.239 e. The molecular formula is C22H32ClN5O2. The lowest BCUT2D eigenvalue weighted by Gasteiger charge is -2.36. The third-order valence-electron chi connectivity index (χ3n) is 5.77. The van der Waals surface area contributed by atoms with Gasteiger partial charge >= 0.3 is 0 Å². The number of amides is 2. The van der Waals surface area contributed by atoms with Crippen molar-refractivity contribution in [3.05, 3.63) is 34.9 Å². The Morgan fingerprint density at radius 2 is 1.80 bits per heavy atom. The summed E-state index contributed by atoms with van der Waals surface area (Å²) in [5, 5.41) is 6.92. The molecule has 1 aliphatic carbocycles. The number of carbonyl (C=O) groups is 2. The van der Waals surface area contributed by atoms with Crippen LogP contribution in [0.15, 0.2) is 29.3 Å². The number of piperazine rings is 1. The van der Waals surface area contributed by atoms with E-state index in [0.29, 0.717) is 49.6 Å². The number of halogens is 1. The summed E-state index contributed by atoms with van der Waals surface area (Å²) in [6.45, 7) is 2.86. The van der Waals surface area contributed by atoms with Crippen molar-refractivity contribution in [2.45, 2.75) is 44.6 Å². The van der Waals surface area contributed by atoms with E-state index in [0.717, 1.165) is 18.4 Å². The van der Waals surface area contributed by atoms with Crippen LogP contribution < -0.4 is 10.6 Å². The summed E-state index contributed by atoms with van der Waals surface area (Å²) < 4.78 is 0. The Morgan fingerprint density at radius 3 is 2.47 bits per heavy atom. The summed E-state index contributed by atoms with van der Waals surface area (Å²) in [7, 11) is 1.72. The van der Waals surface area contributed by atoms with Crippen molar-refractivity contribution < 1.29 is 9.59 Å². The molecule has 3 rings (SSSR count). The van der Waals surface area contributed by atoms with Crippen LogP contribution >= 0.6 is 11.6 Å². The Labute approximate surface area is 183 Å². The van der Waals surface area contributed by atoms with E-state index in [4.69, 9.17) is 11.6 Å². The first kappa shape index (κ1) is 22.4. The number of rotatable bonds is 5. The van der Waals surface area contributed by atoms with Gasteiger partial charge < -0.3 is 20.4 Å². The highest BCUT2D eigenvalue weighted by Gasteiger charge is 2.23. The fourth-order valence-electron chi connectivity index (χ4n) is 4.12. The zero-order valence-electron chi connectivity index (χ0n) is 17.7. The molecule has 0 atom stereocenters. The van der Waals surface area contributed by atoms with Gasteiger partial charge in [0.1, 0.15) is 0 Å². The minimum absolute atomic E-state index is 0.0124. The van der Waals surface area contributed by atoms with Crippen LogP contribution in [0, 0.1) is 0 Å². The maximum absolute atomic E-state index is 12.6. The Balaban J connectivity index is 1.41. The van der Waals surface area contributed by atoms with Crippen LogP contribution in [0.4, 0.5) is 0 Å². The average Bonchev–Trinajstić information content (AvgIpc) is 2.75. The molecule has 1 saturated heterocycles. The van der Waals surface area contributed by atoms with Gasteiger partial charge in [0.05, 0.1) is 13.0 Å². The van der Waals surface area contributed by atoms with E-state index in [9.17, 15) is 9.59 Å². The molecule has 164 valence electrons. The third-order valence-corrected chi connectivity index (χ3v) is 6.00. The number of guanidine groups is 1. The fourth-order valence-corrected chi connectivity index (χ4v) is 4.33. The van der Waals surface area contributed by atoms with Crippen molar-refractivity contribution in [2.24, 2.45) is 4.99 Å². The zero-order chi connectivity index (χ0) is 21.3. The quantitative estimate of drug-likeness (QED) is 0.550. The molecule has 7 nitrogen and oxygen atoms in total. The van der Waals surface area contributed by atoms with E-state index in [1.54, 1.807) is 7.05 Å². The highest BCUT2D eigenvalue weighted by atomic mass is 35.5. The van der Waals surface area contributed by atoms with Crippen LogP contribution in [0.3, 0.4) is 0 Å². The summed E-state index contributed by atoms with van der Waals surface area (Å²) in [6, 6.07) is 7.74. The van der Waals surface area contributed by atoms with Crippen molar-refractivity contribution in [1.82, 2.24) is 20.4 Å². The van der Waals surface area contributed by atoms with Gasteiger partial charge in [-0.15, -0.1) is 0 Å². The molecule has 30 heavy (non-hydrogen) atoms. The predicted molar refractivity (Wildman–Crippen MR) is 120 cm³/mol. The molecule has 2 aliphatic rings. The molecule has 1 aliphatic heterocycles. The van der Waals surface area contributed by atoms with E-state index < -0.39 is 0 Å². The second-order valence-corrected chi connectivity index (χ2v) is 8.41. The molecule has 8 heteroatoms. The summed E-state index contributed by atoms with van der Waals surface area (Å²) in [4.78, 5) is 33.1. The topological polar surface area (TPSA) is 77.0 Å². The Bertz CT molecular complexity index is 756. The van der Waals surface area contributed by atoms with Gasteiger partial charge in [-0.3, -0.25) is 14.6 Å². The second-order valence-electron chi connectivity index (χ2n) is 7.98. The number of benzene rings is 1. The summed E-state index contributed by atoms with van der Waals surface area (Å²) in [6.07, 6.45) is 6.16. The predicted octanol–water partition coefficient (Wildman–Crippen LogP) is 2.05. The van der Waals surface area contributed by atoms with Crippen molar-refractivity contribution in [1.29, 1.82) is 0 Å². The largest absolute Gasteiger partial charge is 0.352 e. The maximum Gasteiger partial charge on any atom is 0.239 e. The van der Waals surface area contributed by atoms with Gasteiger partial charge in [0, 0.05) is 44.3 Å². The van der Waals surface area contributed by atoms with E-state index in [1.807, 2.05) is 29.2 Å². The summed E-state index contributed by atoms with van der Waals surface area (Å²) >= 11 is 6.01. The van der Waals surface area contributed by atoms with Crippen molar-refractivity contribution in [3.8, 4) is 0 Å². The van der Waals surface area contributed by atoms with Crippen molar-refractivity contribution in [3.63, 3.8) is 0 Å². The summed E-state index contributed by atoms with van der Waals surface area (Å²) in [5.41, 5.74) is 0.927. The van der Waals surface area contributed by atoms with E-state index in [2.05, 4.69) is 20.5 Å². The van der Waals surface area contributed by atoms with Crippen LogP contribution in [0.1, 0.15) is 37.7 Å². The van der Waals surface area contributed by atoms with Crippen molar-refractivity contribution >= 4 is 29.4 Å². The SMILES string of the molecule is CN=C(NCC(=O)NC1CCCCC1)N1CCN(C(=O)Cc2cccc(Cl)c2)CC1. The van der Waals surface area contributed by atoms with Gasteiger partial charge in [-0.25, -0.2) is 0 Å². The third kappa shape index (κ3) is 6.62. The number of nitrogens with one attached hydrogen (secondary N) is 2. The molecular weight excluding hydrogens is 402 g/mol. The lowest BCUT2D eigenvalue weighted by molar-refractivity contribution is -0.131. The number of hydrogen-bond acceptors (Lipinski definition) is 3. The van der Waals surface area contributed by atoms with Gasteiger partial charge in [-0.1, -0.05) is 43.0 Å². The van der Waals surface area contributed by atoms with Gasteiger partial charge in [0.2, 0.25) is 11.8 Å². The van der Waals surface area contributed by atoms with Gasteiger partial charge in [-0.05, 0) is 30.5 Å². The van der Waals surface area contributed by atoms with Crippen LogP contribution in [0.25, 0.3) is 0 Å². The van der Waals surface area contributed by atoms with Crippen molar-refractivity contribution in [2.75, 3.05) is 39.8 Å². The van der Waals surface area contributed by atoms with Crippen LogP contribution in [-0.4, -0.2) is 73.4 Å². The lowest BCUT2D eigenvalue weighted by atomic mass is 9.95. The normalized spacial score (nSPS) is 18.3. The van der Waals surface area contributed by atoms with Gasteiger partial charge in [0.15, 0.2) is 5.96 Å². The molecule has 2 amide bonds. The molecule has 1 aromatic rings. The second kappa shape index (κ2) is 11.2. The zero-order valence-corrected chi connectivity index (χ0v) is 18.5. The molecule has 0 aromatic heterocycles. The Kier molecular flexibility index (Phi) is 8.37. The average molecular weight is 434 g/mol. The highest BCUT2D eigenvalue weighted by molar-refractivity contribution is 6.30. The number of aliphatic imine (C=N–C) groups is 1. The molecule has 1 aromatic carbocycles. The first-order valence-electron chi connectivity index (χ1n) is 10.8. The van der Waals surface area contributed by atoms with Gasteiger partial charge in [-0.2, -0.15) is 0 Å². The molecule has 1 heterocycles. The number of hydrogen-bond donors (Lipinski definition) is 2. The molecule has 1 saturated carbocycles. The molecule has 0 spiro atoms. The van der Waals surface area contributed by atoms with Gasteiger partial charge in [0.25, 0.3) is 0 Å². The standard InChI is InChI=1S/C22H32ClN5O2/c1-24-22(25-16-20(29)26-19-8-3-2-4-9-19)28-12-10-27(11-13-28)21(30)15-17-6-5-7-18(23)14-17/h5-7,14,19H,2-4,8-13,15-16H2,1H3,(H,24,25)(H,26,29).